The lowest BCUT2D eigenvalue weighted by molar-refractivity contribution is 0.533. The highest BCUT2D eigenvalue weighted by Crippen LogP contribution is 2.65. The molecule has 7 aromatic carbocycles. The lowest BCUT2D eigenvalue weighted by Crippen LogP contribution is -2.52. The number of hydrogen-bond acceptors (Lipinski definition) is 3. The van der Waals surface area contributed by atoms with Gasteiger partial charge in [-0.25, -0.2) is 4.98 Å². The molecule has 0 atom stereocenters. The summed E-state index contributed by atoms with van der Waals surface area (Å²) in [6.45, 7) is 0. The number of rotatable bonds is 4. The van der Waals surface area contributed by atoms with Crippen molar-refractivity contribution in [2.45, 2.75) is 10.8 Å². The normalized spacial score (nSPS) is 18.4. The molecular formula is C48H30N2O. The molecule has 9 aromatic rings. The summed E-state index contributed by atoms with van der Waals surface area (Å²) in [4.78, 5) is 11.2. The first kappa shape index (κ1) is 28.3. The minimum Gasteiger partial charge on any atom is -0.438 e. The maximum atomic E-state index is 6.64. The van der Waals surface area contributed by atoms with Crippen molar-refractivity contribution >= 4 is 22.1 Å². The van der Waals surface area contributed by atoms with Crippen molar-refractivity contribution in [1.82, 2.24) is 9.97 Å². The Morgan fingerprint density at radius 1 is 0.373 bits per heavy atom. The summed E-state index contributed by atoms with van der Waals surface area (Å²) in [6, 6.07) is 65.2. The third-order valence-electron chi connectivity index (χ3n) is 11.3. The molecule has 0 saturated heterocycles. The van der Waals surface area contributed by atoms with Gasteiger partial charge in [-0.3, -0.25) is 0 Å². The molecule has 0 unspecified atom stereocenters. The van der Waals surface area contributed by atoms with Crippen LogP contribution in [0.3, 0.4) is 0 Å². The molecule has 0 fully saturated rings. The lowest BCUT2D eigenvalue weighted by Gasteiger charge is -2.56. The zero-order chi connectivity index (χ0) is 33.6. The van der Waals surface area contributed by atoms with Crippen LogP contribution in [0.25, 0.3) is 44.5 Å². The predicted octanol–water partition coefficient (Wildman–Crippen LogP) is 11.1. The Bertz CT molecular complexity index is 2680. The van der Waals surface area contributed by atoms with Gasteiger partial charge in [-0.15, -0.1) is 0 Å². The van der Waals surface area contributed by atoms with E-state index in [0.29, 0.717) is 11.5 Å². The van der Waals surface area contributed by atoms with Crippen molar-refractivity contribution in [3.8, 4) is 22.4 Å². The number of benzene rings is 7. The van der Waals surface area contributed by atoms with Crippen LogP contribution in [0, 0.1) is 0 Å². The maximum Gasteiger partial charge on any atom is 0.231 e. The van der Waals surface area contributed by atoms with Gasteiger partial charge >= 0.3 is 0 Å². The summed E-state index contributed by atoms with van der Waals surface area (Å²) >= 11 is 0. The van der Waals surface area contributed by atoms with Gasteiger partial charge < -0.3 is 4.42 Å². The van der Waals surface area contributed by atoms with Crippen LogP contribution in [0.4, 0.5) is 0 Å². The fourth-order valence-electron chi connectivity index (χ4n) is 9.25. The number of fused-ring (bicyclic) bond motifs is 3. The van der Waals surface area contributed by atoms with Gasteiger partial charge in [0.05, 0.1) is 16.5 Å². The summed E-state index contributed by atoms with van der Waals surface area (Å²) < 4.78 is 6.64. The Morgan fingerprint density at radius 3 is 1.41 bits per heavy atom. The van der Waals surface area contributed by atoms with Crippen LogP contribution in [0.2, 0.25) is 0 Å². The highest BCUT2D eigenvalue weighted by molar-refractivity contribution is 6.10. The van der Waals surface area contributed by atoms with E-state index in [1.807, 2.05) is 12.1 Å². The van der Waals surface area contributed by atoms with Crippen LogP contribution in [0.1, 0.15) is 44.8 Å². The van der Waals surface area contributed by atoms with Crippen molar-refractivity contribution in [1.29, 1.82) is 0 Å². The van der Waals surface area contributed by atoms with E-state index in [-0.39, 0.29) is 0 Å². The number of para-hydroxylation sites is 1. The summed E-state index contributed by atoms with van der Waals surface area (Å²) in [5, 5.41) is 1.94. The van der Waals surface area contributed by atoms with Gasteiger partial charge in [0.1, 0.15) is 11.0 Å². The monoisotopic (exact) mass is 650 g/mol. The Hall–Kier alpha value is -6.58. The molecule has 0 aliphatic heterocycles. The highest BCUT2D eigenvalue weighted by Gasteiger charge is 2.61. The van der Waals surface area contributed by atoms with E-state index in [2.05, 4.69) is 170 Å². The summed E-state index contributed by atoms with van der Waals surface area (Å²) in [6.07, 6.45) is 0. The van der Waals surface area contributed by atoms with Crippen molar-refractivity contribution < 1.29 is 4.42 Å². The highest BCUT2D eigenvalue weighted by atomic mass is 16.3. The molecule has 12 rings (SSSR count). The smallest absolute Gasteiger partial charge is 0.231 e. The standard InChI is InChI=1S/C48H30N2O/c1-3-15-31(16-4-1)32-27-29-33(30-28-32)44-43-35-19-7-14-26-42(35)51-45(43)50-46(49-44)48-39-23-11-8-20-36(39)47(34-17-5-2-6-18-34,37-21-9-12-24-40(37)48)38-22-10-13-25-41(38)48/h1-30H. The summed E-state index contributed by atoms with van der Waals surface area (Å²) in [7, 11) is 0. The number of aromatic nitrogens is 2. The number of nitrogens with zero attached hydrogens (tertiary/aromatic N) is 2. The van der Waals surface area contributed by atoms with Crippen LogP contribution >= 0.6 is 0 Å². The van der Waals surface area contributed by atoms with Gasteiger partial charge in [0.25, 0.3) is 0 Å². The first-order chi connectivity index (χ1) is 25.3. The minimum atomic E-state index is -0.786. The van der Waals surface area contributed by atoms with E-state index in [1.165, 1.54) is 44.5 Å². The van der Waals surface area contributed by atoms with E-state index in [0.717, 1.165) is 33.2 Å². The van der Waals surface area contributed by atoms with Crippen molar-refractivity contribution in [3.05, 3.63) is 227 Å². The average molecular weight is 651 g/mol. The molecule has 51 heavy (non-hydrogen) atoms. The second-order valence-electron chi connectivity index (χ2n) is 13.6. The average Bonchev–Trinajstić information content (AvgIpc) is 3.60. The Labute approximate surface area is 295 Å². The number of hydrogen-bond donors (Lipinski definition) is 0. The fraction of sp³-hybridized carbons (Fsp3) is 0.0417. The van der Waals surface area contributed by atoms with E-state index < -0.39 is 10.8 Å². The lowest BCUT2D eigenvalue weighted by atomic mass is 9.45. The molecule has 2 heterocycles. The molecule has 3 aliphatic rings. The van der Waals surface area contributed by atoms with E-state index >= 15 is 0 Å². The Kier molecular flexibility index (Phi) is 5.80. The van der Waals surface area contributed by atoms with Gasteiger partial charge in [-0.05, 0) is 56.1 Å². The van der Waals surface area contributed by atoms with Crippen LogP contribution in [-0.2, 0) is 10.8 Å². The first-order valence-electron chi connectivity index (χ1n) is 17.5. The molecule has 0 saturated carbocycles. The summed E-state index contributed by atoms with van der Waals surface area (Å²) in [5.74, 6) is 0.713. The van der Waals surface area contributed by atoms with Gasteiger partial charge in [0, 0.05) is 10.9 Å². The maximum absolute atomic E-state index is 6.64. The van der Waals surface area contributed by atoms with Gasteiger partial charge in [-0.2, -0.15) is 4.98 Å². The van der Waals surface area contributed by atoms with Crippen LogP contribution in [0.15, 0.2) is 186 Å². The number of furan rings is 1. The SMILES string of the molecule is c1ccc(-c2ccc(-c3nc(C45c6ccccc6C(c6ccccc6)(c6ccccc64)c4ccccc45)nc4oc5ccccc5c34)cc2)cc1. The molecular weight excluding hydrogens is 621 g/mol. The van der Waals surface area contributed by atoms with Gasteiger partial charge in [0.15, 0.2) is 5.82 Å². The quantitative estimate of drug-likeness (QED) is 0.190. The molecule has 0 N–H and O–H groups in total. The molecule has 0 spiro atoms. The zero-order valence-corrected chi connectivity index (χ0v) is 27.6. The molecule has 238 valence electrons. The molecule has 3 aliphatic carbocycles. The zero-order valence-electron chi connectivity index (χ0n) is 27.6. The Morgan fingerprint density at radius 2 is 0.824 bits per heavy atom. The predicted molar refractivity (Wildman–Crippen MR) is 204 cm³/mol. The second kappa shape index (κ2) is 10.5. The van der Waals surface area contributed by atoms with Gasteiger partial charge in [0.2, 0.25) is 5.71 Å². The topological polar surface area (TPSA) is 38.9 Å². The van der Waals surface area contributed by atoms with E-state index in [9.17, 15) is 0 Å². The Balaban J connectivity index is 1.27. The molecule has 3 heteroatoms. The molecule has 3 nitrogen and oxygen atoms in total. The molecule has 2 aromatic heterocycles. The van der Waals surface area contributed by atoms with E-state index in [4.69, 9.17) is 14.4 Å². The van der Waals surface area contributed by atoms with Crippen LogP contribution < -0.4 is 0 Å². The fourth-order valence-corrected chi connectivity index (χ4v) is 9.25. The molecule has 0 amide bonds. The second-order valence-corrected chi connectivity index (χ2v) is 13.6. The van der Waals surface area contributed by atoms with Crippen molar-refractivity contribution in [2.75, 3.05) is 0 Å². The molecule has 0 radical (unpaired) electrons. The minimum absolute atomic E-state index is 0.494. The third kappa shape index (κ3) is 3.62. The third-order valence-corrected chi connectivity index (χ3v) is 11.3. The van der Waals surface area contributed by atoms with Crippen LogP contribution in [0.5, 0.6) is 0 Å². The molecule has 2 bridgehead atoms. The summed E-state index contributed by atoms with van der Waals surface area (Å²) in [5.41, 5.74) is 13.0. The largest absolute Gasteiger partial charge is 0.438 e. The van der Waals surface area contributed by atoms with Crippen molar-refractivity contribution in [2.24, 2.45) is 0 Å². The van der Waals surface area contributed by atoms with Crippen molar-refractivity contribution in [3.63, 3.8) is 0 Å². The van der Waals surface area contributed by atoms with Gasteiger partial charge in [-0.1, -0.05) is 176 Å². The first-order valence-corrected chi connectivity index (χ1v) is 17.5. The van der Waals surface area contributed by atoms with E-state index in [1.54, 1.807) is 0 Å². The van der Waals surface area contributed by atoms with Crippen LogP contribution in [-0.4, -0.2) is 9.97 Å².